The maximum Gasteiger partial charge on any atom is 0.0856 e. The van der Waals surface area contributed by atoms with E-state index >= 15 is 0 Å². The Labute approximate surface area is 92.0 Å². The number of ether oxygens (including phenoxy) is 1. The molecule has 0 aliphatic heterocycles. The average Bonchev–Trinajstić information content (AvgIpc) is 2.29. The van der Waals surface area contributed by atoms with Gasteiger partial charge in [0, 0.05) is 19.4 Å². The Bertz CT molecular complexity index is 282. The molecule has 1 rings (SSSR count). The number of likely N-dealkylation sites (N-methyl/N-ethyl adjacent to an activating group) is 1. The van der Waals surface area contributed by atoms with Crippen LogP contribution in [0.2, 0.25) is 0 Å². The van der Waals surface area contributed by atoms with Crippen molar-refractivity contribution < 1.29 is 4.74 Å². The lowest BCUT2D eigenvalue weighted by atomic mass is 10.1. The minimum absolute atomic E-state index is 0.602. The molecule has 0 radical (unpaired) electrons. The van der Waals surface area contributed by atoms with Crippen LogP contribution < -0.4 is 5.32 Å². The minimum Gasteiger partial charge on any atom is -0.390 e. The lowest BCUT2D eigenvalue weighted by molar-refractivity contribution is 0.150. The van der Waals surface area contributed by atoms with Crippen LogP contribution in [0.3, 0.4) is 0 Å². The number of benzene rings is 1. The van der Waals surface area contributed by atoms with Gasteiger partial charge in [-0.2, -0.15) is 0 Å². The second-order valence-electron chi connectivity index (χ2n) is 3.50. The number of nitrogens with one attached hydrogen (secondary N) is 1. The van der Waals surface area contributed by atoms with Gasteiger partial charge in [-0.1, -0.05) is 36.9 Å². The van der Waals surface area contributed by atoms with Gasteiger partial charge in [0.15, 0.2) is 0 Å². The molecular formula is C13H19NO. The Morgan fingerprint density at radius 1 is 1.33 bits per heavy atom. The van der Waals surface area contributed by atoms with Gasteiger partial charge in [0.1, 0.15) is 0 Å². The fourth-order valence-electron chi connectivity index (χ4n) is 1.29. The van der Waals surface area contributed by atoms with Crippen LogP contribution in [0.1, 0.15) is 12.0 Å². The maximum absolute atomic E-state index is 5.45. The summed E-state index contributed by atoms with van der Waals surface area (Å²) < 4.78 is 5.45. The minimum atomic E-state index is 0.602. The van der Waals surface area contributed by atoms with Crippen LogP contribution in [-0.2, 0) is 11.2 Å². The SMILES string of the molecule is C=C(COCCCc1ccccc1)NC. The third kappa shape index (κ3) is 5.23. The Hall–Kier alpha value is -1.28. The van der Waals surface area contributed by atoms with Crippen molar-refractivity contribution in [2.75, 3.05) is 20.3 Å². The molecule has 0 aliphatic rings. The van der Waals surface area contributed by atoms with Crippen LogP contribution in [0.4, 0.5) is 0 Å². The molecule has 0 fully saturated rings. The van der Waals surface area contributed by atoms with Gasteiger partial charge >= 0.3 is 0 Å². The van der Waals surface area contributed by atoms with Crippen molar-refractivity contribution in [2.45, 2.75) is 12.8 Å². The molecule has 1 aromatic rings. The van der Waals surface area contributed by atoms with Crippen LogP contribution in [0.25, 0.3) is 0 Å². The third-order valence-electron chi connectivity index (χ3n) is 2.23. The summed E-state index contributed by atoms with van der Waals surface area (Å²) >= 11 is 0. The van der Waals surface area contributed by atoms with Crippen molar-refractivity contribution in [1.82, 2.24) is 5.32 Å². The molecule has 0 bridgehead atoms. The lowest BCUT2D eigenvalue weighted by Crippen LogP contribution is -2.11. The van der Waals surface area contributed by atoms with Gasteiger partial charge < -0.3 is 10.1 Å². The molecule has 0 saturated carbocycles. The quantitative estimate of drug-likeness (QED) is 0.690. The average molecular weight is 205 g/mol. The third-order valence-corrected chi connectivity index (χ3v) is 2.23. The van der Waals surface area contributed by atoms with E-state index in [9.17, 15) is 0 Å². The molecule has 0 spiro atoms. The fraction of sp³-hybridized carbons (Fsp3) is 0.385. The van der Waals surface area contributed by atoms with Crippen molar-refractivity contribution in [1.29, 1.82) is 0 Å². The highest BCUT2D eigenvalue weighted by Gasteiger charge is 1.93. The Kier molecular flexibility index (Phi) is 5.56. The number of rotatable bonds is 7. The second-order valence-corrected chi connectivity index (χ2v) is 3.50. The summed E-state index contributed by atoms with van der Waals surface area (Å²) in [4.78, 5) is 0. The standard InChI is InChI=1S/C13H19NO/c1-12(14-2)11-15-10-6-9-13-7-4-3-5-8-13/h3-5,7-8,14H,1,6,9-11H2,2H3. The van der Waals surface area contributed by atoms with E-state index in [4.69, 9.17) is 4.74 Å². The predicted molar refractivity (Wildman–Crippen MR) is 63.8 cm³/mol. The van der Waals surface area contributed by atoms with Gasteiger partial charge in [-0.25, -0.2) is 0 Å². The number of aryl methyl sites for hydroxylation is 1. The number of hydrogen-bond donors (Lipinski definition) is 1. The van der Waals surface area contributed by atoms with Gasteiger partial charge in [-0.05, 0) is 18.4 Å². The molecule has 2 nitrogen and oxygen atoms in total. The summed E-state index contributed by atoms with van der Waals surface area (Å²) in [5.74, 6) is 0. The van der Waals surface area contributed by atoms with Crippen LogP contribution >= 0.6 is 0 Å². The summed E-state index contributed by atoms with van der Waals surface area (Å²) in [6, 6.07) is 10.5. The summed E-state index contributed by atoms with van der Waals surface area (Å²) in [5.41, 5.74) is 2.29. The highest BCUT2D eigenvalue weighted by atomic mass is 16.5. The molecule has 0 aliphatic carbocycles. The molecule has 1 N–H and O–H groups in total. The Morgan fingerprint density at radius 2 is 2.07 bits per heavy atom. The monoisotopic (exact) mass is 205 g/mol. The zero-order valence-electron chi connectivity index (χ0n) is 9.33. The molecule has 2 heteroatoms. The molecule has 0 amide bonds. The van der Waals surface area contributed by atoms with Gasteiger partial charge in [-0.15, -0.1) is 0 Å². The van der Waals surface area contributed by atoms with E-state index in [1.165, 1.54) is 5.56 Å². The van der Waals surface area contributed by atoms with E-state index in [0.29, 0.717) is 6.61 Å². The van der Waals surface area contributed by atoms with E-state index in [1.807, 2.05) is 13.1 Å². The zero-order chi connectivity index (χ0) is 10.9. The van der Waals surface area contributed by atoms with E-state index in [2.05, 4.69) is 36.2 Å². The van der Waals surface area contributed by atoms with E-state index in [-0.39, 0.29) is 0 Å². The van der Waals surface area contributed by atoms with Gasteiger partial charge in [-0.3, -0.25) is 0 Å². The fourth-order valence-corrected chi connectivity index (χ4v) is 1.29. The first-order chi connectivity index (χ1) is 7.33. The molecule has 15 heavy (non-hydrogen) atoms. The summed E-state index contributed by atoms with van der Waals surface area (Å²) in [6.07, 6.45) is 2.13. The first kappa shape index (κ1) is 11.8. The molecule has 0 heterocycles. The van der Waals surface area contributed by atoms with E-state index < -0.39 is 0 Å². The van der Waals surface area contributed by atoms with Gasteiger partial charge in [0.2, 0.25) is 0 Å². The normalized spacial score (nSPS) is 9.93. The smallest absolute Gasteiger partial charge is 0.0856 e. The molecule has 0 saturated heterocycles. The lowest BCUT2D eigenvalue weighted by Gasteiger charge is -2.06. The van der Waals surface area contributed by atoms with Crippen LogP contribution in [0.5, 0.6) is 0 Å². The first-order valence-corrected chi connectivity index (χ1v) is 5.30. The van der Waals surface area contributed by atoms with Gasteiger partial charge in [0.25, 0.3) is 0 Å². The Balaban J connectivity index is 2.05. The highest BCUT2D eigenvalue weighted by Crippen LogP contribution is 2.02. The van der Waals surface area contributed by atoms with Gasteiger partial charge in [0.05, 0.1) is 6.61 Å². The van der Waals surface area contributed by atoms with Crippen LogP contribution in [-0.4, -0.2) is 20.3 Å². The molecule has 82 valence electrons. The van der Waals surface area contributed by atoms with Crippen LogP contribution in [0.15, 0.2) is 42.6 Å². The van der Waals surface area contributed by atoms with E-state index in [0.717, 1.165) is 25.1 Å². The molecule has 1 aromatic carbocycles. The molecule has 0 unspecified atom stereocenters. The van der Waals surface area contributed by atoms with Crippen molar-refractivity contribution in [3.05, 3.63) is 48.2 Å². The first-order valence-electron chi connectivity index (χ1n) is 5.30. The van der Waals surface area contributed by atoms with Crippen molar-refractivity contribution in [3.63, 3.8) is 0 Å². The molecule has 0 atom stereocenters. The van der Waals surface area contributed by atoms with Crippen molar-refractivity contribution in [2.24, 2.45) is 0 Å². The van der Waals surface area contributed by atoms with Crippen molar-refractivity contribution >= 4 is 0 Å². The topological polar surface area (TPSA) is 21.3 Å². The highest BCUT2D eigenvalue weighted by molar-refractivity contribution is 5.14. The van der Waals surface area contributed by atoms with Crippen LogP contribution in [0, 0.1) is 0 Å². The summed E-state index contributed by atoms with van der Waals surface area (Å²) in [5, 5.41) is 2.95. The second kappa shape index (κ2) is 7.07. The Morgan fingerprint density at radius 3 is 2.73 bits per heavy atom. The predicted octanol–water partition coefficient (Wildman–Crippen LogP) is 2.37. The van der Waals surface area contributed by atoms with E-state index in [1.54, 1.807) is 0 Å². The largest absolute Gasteiger partial charge is 0.390 e. The summed E-state index contributed by atoms with van der Waals surface area (Å²) in [7, 11) is 1.86. The molecular weight excluding hydrogens is 186 g/mol. The zero-order valence-corrected chi connectivity index (χ0v) is 9.33. The number of hydrogen-bond acceptors (Lipinski definition) is 2. The maximum atomic E-state index is 5.45. The molecule has 0 aromatic heterocycles. The van der Waals surface area contributed by atoms with Crippen molar-refractivity contribution in [3.8, 4) is 0 Å². The summed E-state index contributed by atoms with van der Waals surface area (Å²) in [6.45, 7) is 5.18.